The van der Waals surface area contributed by atoms with E-state index in [4.69, 9.17) is 4.74 Å². The molecule has 0 aromatic heterocycles. The molecule has 0 bridgehead atoms. The van der Waals surface area contributed by atoms with Crippen LogP contribution >= 0.6 is 0 Å². The molecule has 1 heterocycles. The second-order valence-corrected chi connectivity index (χ2v) is 5.38. The summed E-state index contributed by atoms with van der Waals surface area (Å²) in [5.41, 5.74) is 1.05. The molecule has 0 aliphatic carbocycles. The molecule has 1 aliphatic rings. The second kappa shape index (κ2) is 7.84. The van der Waals surface area contributed by atoms with Crippen LogP contribution in [-0.2, 0) is 4.79 Å². The molecule has 1 fully saturated rings. The lowest BCUT2D eigenvalue weighted by molar-refractivity contribution is -0.133. The maximum absolute atomic E-state index is 12.3. The summed E-state index contributed by atoms with van der Waals surface area (Å²) in [6.07, 6.45) is 2.92. The van der Waals surface area contributed by atoms with Crippen molar-refractivity contribution in [3.63, 3.8) is 0 Å². The Balaban J connectivity index is 1.83. The second-order valence-electron chi connectivity index (χ2n) is 5.38. The first-order valence-electron chi connectivity index (χ1n) is 7.50. The van der Waals surface area contributed by atoms with E-state index in [1.807, 2.05) is 42.2 Å². The molecule has 114 valence electrons. The van der Waals surface area contributed by atoms with Gasteiger partial charge in [0.2, 0.25) is 0 Å². The number of amides is 1. The largest absolute Gasteiger partial charge is 0.484 e. The van der Waals surface area contributed by atoms with Crippen molar-refractivity contribution in [2.24, 2.45) is 0 Å². The van der Waals surface area contributed by atoms with Crippen LogP contribution in [0.3, 0.4) is 0 Å². The average Bonchev–Trinajstić information content (AvgIpc) is 2.72. The summed E-state index contributed by atoms with van der Waals surface area (Å²) < 4.78 is 5.65. The number of hydrogen-bond donors (Lipinski definition) is 0. The maximum Gasteiger partial charge on any atom is 0.260 e. The zero-order chi connectivity index (χ0) is 15.1. The minimum absolute atomic E-state index is 0.0682. The zero-order valence-electron chi connectivity index (χ0n) is 12.8. The molecule has 4 heteroatoms. The topological polar surface area (TPSA) is 32.8 Å². The van der Waals surface area contributed by atoms with E-state index >= 15 is 0 Å². The Morgan fingerprint density at radius 3 is 2.86 bits per heavy atom. The number of aryl methyl sites for hydroxylation is 1. The van der Waals surface area contributed by atoms with Crippen LogP contribution in [0.4, 0.5) is 0 Å². The number of rotatable bonds is 5. The Labute approximate surface area is 127 Å². The van der Waals surface area contributed by atoms with Gasteiger partial charge < -0.3 is 9.64 Å². The fourth-order valence-electron chi connectivity index (χ4n) is 2.53. The third-order valence-corrected chi connectivity index (χ3v) is 3.77. The lowest BCUT2D eigenvalue weighted by Gasteiger charge is -2.21. The van der Waals surface area contributed by atoms with Crippen LogP contribution < -0.4 is 4.74 Å². The van der Waals surface area contributed by atoms with Gasteiger partial charge >= 0.3 is 0 Å². The summed E-state index contributed by atoms with van der Waals surface area (Å²) in [4.78, 5) is 16.5. The summed E-state index contributed by atoms with van der Waals surface area (Å²) in [6.45, 7) is 10.3. The highest BCUT2D eigenvalue weighted by Gasteiger charge is 2.18. The van der Waals surface area contributed by atoms with Gasteiger partial charge in [0.25, 0.3) is 5.91 Å². The standard InChI is InChI=1S/C17H24N2O2/c1-3-9-18-10-6-11-19(13-12-18)17(20)14-21-16-8-5-4-7-15(16)2/h3-5,7-8H,1,6,9-14H2,2H3. The molecule has 2 rings (SSSR count). The van der Waals surface area contributed by atoms with E-state index in [-0.39, 0.29) is 12.5 Å². The minimum atomic E-state index is 0.0682. The lowest BCUT2D eigenvalue weighted by Crippen LogP contribution is -2.38. The first-order valence-corrected chi connectivity index (χ1v) is 7.50. The normalized spacial score (nSPS) is 16.3. The molecule has 0 radical (unpaired) electrons. The van der Waals surface area contributed by atoms with Gasteiger partial charge in [0.05, 0.1) is 0 Å². The zero-order valence-corrected chi connectivity index (χ0v) is 12.8. The number of carbonyl (C=O) groups is 1. The van der Waals surface area contributed by atoms with E-state index in [1.54, 1.807) is 0 Å². The lowest BCUT2D eigenvalue weighted by atomic mass is 10.2. The van der Waals surface area contributed by atoms with Gasteiger partial charge in [-0.05, 0) is 25.0 Å². The fraction of sp³-hybridized carbons (Fsp3) is 0.471. The Hall–Kier alpha value is -1.81. The van der Waals surface area contributed by atoms with Crippen molar-refractivity contribution in [3.8, 4) is 5.75 Å². The number of nitrogens with zero attached hydrogens (tertiary/aromatic N) is 2. The van der Waals surface area contributed by atoms with Crippen molar-refractivity contribution in [2.45, 2.75) is 13.3 Å². The highest BCUT2D eigenvalue weighted by Crippen LogP contribution is 2.16. The van der Waals surface area contributed by atoms with Crippen molar-refractivity contribution in [1.82, 2.24) is 9.80 Å². The molecule has 21 heavy (non-hydrogen) atoms. The number of para-hydroxylation sites is 1. The predicted octanol–water partition coefficient (Wildman–Crippen LogP) is 2.09. The SMILES string of the molecule is C=CCN1CCCN(C(=O)COc2ccccc2C)CC1. The third kappa shape index (κ3) is 4.60. The van der Waals surface area contributed by atoms with Gasteiger partial charge in [-0.15, -0.1) is 6.58 Å². The number of carbonyl (C=O) groups excluding carboxylic acids is 1. The van der Waals surface area contributed by atoms with E-state index in [9.17, 15) is 4.79 Å². The summed E-state index contributed by atoms with van der Waals surface area (Å²) >= 11 is 0. The quantitative estimate of drug-likeness (QED) is 0.778. The Bertz CT molecular complexity index is 487. The Morgan fingerprint density at radius 1 is 1.29 bits per heavy atom. The van der Waals surface area contributed by atoms with Gasteiger partial charge in [-0.25, -0.2) is 0 Å². The molecule has 4 nitrogen and oxygen atoms in total. The van der Waals surface area contributed by atoms with Gasteiger partial charge in [0.1, 0.15) is 5.75 Å². The van der Waals surface area contributed by atoms with Crippen LogP contribution in [0, 0.1) is 6.92 Å². The van der Waals surface area contributed by atoms with E-state index < -0.39 is 0 Å². The molecule has 0 N–H and O–H groups in total. The summed E-state index contributed by atoms with van der Waals surface area (Å²) in [7, 11) is 0. The monoisotopic (exact) mass is 288 g/mol. The molecule has 1 aliphatic heterocycles. The average molecular weight is 288 g/mol. The summed E-state index contributed by atoms with van der Waals surface area (Å²) in [5, 5.41) is 0. The van der Waals surface area contributed by atoms with Gasteiger partial charge in [-0.2, -0.15) is 0 Å². The number of ether oxygens (including phenoxy) is 1. The van der Waals surface area contributed by atoms with Crippen LogP contribution in [0.1, 0.15) is 12.0 Å². The van der Waals surface area contributed by atoms with Crippen molar-refractivity contribution in [1.29, 1.82) is 0 Å². The first-order chi connectivity index (χ1) is 10.2. The van der Waals surface area contributed by atoms with Crippen LogP contribution in [0.25, 0.3) is 0 Å². The number of benzene rings is 1. The Kier molecular flexibility index (Phi) is 5.81. The minimum Gasteiger partial charge on any atom is -0.484 e. The molecule has 0 spiro atoms. The molecular weight excluding hydrogens is 264 g/mol. The van der Waals surface area contributed by atoms with Crippen molar-refractivity contribution in [3.05, 3.63) is 42.5 Å². The molecule has 1 aromatic rings. The maximum atomic E-state index is 12.3. The highest BCUT2D eigenvalue weighted by atomic mass is 16.5. The van der Waals surface area contributed by atoms with Crippen LogP contribution in [0.5, 0.6) is 5.75 Å². The molecule has 0 saturated carbocycles. The fourth-order valence-corrected chi connectivity index (χ4v) is 2.53. The van der Waals surface area contributed by atoms with E-state index in [2.05, 4.69) is 11.5 Å². The number of hydrogen-bond acceptors (Lipinski definition) is 3. The van der Waals surface area contributed by atoms with Gasteiger partial charge in [-0.1, -0.05) is 24.3 Å². The molecular formula is C17H24N2O2. The molecule has 1 aromatic carbocycles. The Morgan fingerprint density at radius 2 is 2.10 bits per heavy atom. The van der Waals surface area contributed by atoms with E-state index in [1.165, 1.54) is 0 Å². The smallest absolute Gasteiger partial charge is 0.260 e. The third-order valence-electron chi connectivity index (χ3n) is 3.77. The van der Waals surface area contributed by atoms with Gasteiger partial charge in [0, 0.05) is 32.7 Å². The van der Waals surface area contributed by atoms with Crippen LogP contribution in [0.15, 0.2) is 36.9 Å². The molecule has 1 amide bonds. The van der Waals surface area contributed by atoms with Crippen molar-refractivity contribution >= 4 is 5.91 Å². The molecule has 0 unspecified atom stereocenters. The van der Waals surface area contributed by atoms with E-state index in [0.717, 1.165) is 50.5 Å². The van der Waals surface area contributed by atoms with Crippen molar-refractivity contribution in [2.75, 3.05) is 39.3 Å². The van der Waals surface area contributed by atoms with Gasteiger partial charge in [-0.3, -0.25) is 9.69 Å². The van der Waals surface area contributed by atoms with Gasteiger partial charge in [0.15, 0.2) is 6.61 Å². The van der Waals surface area contributed by atoms with Crippen LogP contribution in [-0.4, -0.2) is 55.0 Å². The molecule has 1 saturated heterocycles. The van der Waals surface area contributed by atoms with E-state index in [0.29, 0.717) is 0 Å². The van der Waals surface area contributed by atoms with Crippen molar-refractivity contribution < 1.29 is 9.53 Å². The summed E-state index contributed by atoms with van der Waals surface area (Å²) in [6, 6.07) is 7.77. The highest BCUT2D eigenvalue weighted by molar-refractivity contribution is 5.77. The van der Waals surface area contributed by atoms with Crippen LogP contribution in [0.2, 0.25) is 0 Å². The summed E-state index contributed by atoms with van der Waals surface area (Å²) in [5.74, 6) is 0.854. The molecule has 0 atom stereocenters. The first kappa shape index (κ1) is 15.6. The predicted molar refractivity (Wildman–Crippen MR) is 84.5 cm³/mol.